The molecular formula is C6H13NO9P2+2. The van der Waals surface area contributed by atoms with E-state index in [0.717, 1.165) is 0 Å². The number of aliphatic carboxylic acids is 2. The van der Waals surface area contributed by atoms with E-state index in [1.807, 2.05) is 0 Å². The molecule has 18 heavy (non-hydrogen) atoms. The summed E-state index contributed by atoms with van der Waals surface area (Å²) in [7, 11) is -4.43. The summed E-state index contributed by atoms with van der Waals surface area (Å²) in [5, 5.41) is 19.3. The van der Waals surface area contributed by atoms with Gasteiger partial charge in [0.2, 0.25) is 0 Å². The first kappa shape index (κ1) is 19.3. The van der Waals surface area contributed by atoms with Crippen LogP contribution in [0.15, 0.2) is 0 Å². The van der Waals surface area contributed by atoms with Crippen LogP contribution in [0.4, 0.5) is 0 Å². The summed E-state index contributed by atoms with van der Waals surface area (Å²) < 4.78 is 22.2. The summed E-state index contributed by atoms with van der Waals surface area (Å²) in [5.74, 6) is -3.19. The molecule has 5 N–H and O–H groups in total. The second-order valence-electron chi connectivity index (χ2n) is 2.79. The molecule has 0 aliphatic rings. The Bertz CT molecular complexity index is 321. The molecule has 0 aromatic rings. The van der Waals surface area contributed by atoms with Crippen LogP contribution in [0, 0.1) is 5.92 Å². The molecule has 0 fully saturated rings. The van der Waals surface area contributed by atoms with Gasteiger partial charge >= 0.3 is 28.4 Å². The van der Waals surface area contributed by atoms with E-state index in [1.54, 1.807) is 0 Å². The minimum atomic E-state index is -2.92. The number of carboxylic acids is 2. The molecule has 0 saturated heterocycles. The maximum absolute atomic E-state index is 10.4. The molecule has 0 aromatic carbocycles. The molecule has 10 nitrogen and oxygen atoms in total. The van der Waals surface area contributed by atoms with E-state index in [9.17, 15) is 18.7 Å². The summed E-state index contributed by atoms with van der Waals surface area (Å²) in [6.45, 7) is 1.34. The maximum Gasteiger partial charge on any atom is 0.745 e. The van der Waals surface area contributed by atoms with Crippen LogP contribution in [0.2, 0.25) is 0 Å². The highest BCUT2D eigenvalue weighted by atomic mass is 31.2. The van der Waals surface area contributed by atoms with Gasteiger partial charge in [-0.2, -0.15) is 0 Å². The van der Waals surface area contributed by atoms with E-state index in [0.29, 0.717) is 0 Å². The quantitative estimate of drug-likeness (QED) is 0.409. The third-order valence-electron chi connectivity index (χ3n) is 1.61. The summed E-state index contributed by atoms with van der Waals surface area (Å²) in [5.41, 5.74) is 0. The first-order valence-corrected chi connectivity index (χ1v) is 6.52. The molecule has 0 rings (SSSR count). The molecule has 0 saturated carbocycles. The highest BCUT2D eigenvalue weighted by Crippen LogP contribution is 2.30. The van der Waals surface area contributed by atoms with Gasteiger partial charge in [0.05, 0.1) is 5.92 Å². The van der Waals surface area contributed by atoms with Crippen molar-refractivity contribution >= 4 is 28.4 Å². The van der Waals surface area contributed by atoms with E-state index < -0.39 is 40.4 Å². The molecule has 0 aromatic heterocycles. The van der Waals surface area contributed by atoms with Crippen LogP contribution in [0.1, 0.15) is 6.92 Å². The Labute approximate surface area is 103 Å². The van der Waals surface area contributed by atoms with Crippen LogP contribution in [0.5, 0.6) is 0 Å². The summed E-state index contributed by atoms with van der Waals surface area (Å²) in [6, 6.07) is -1.02. The highest BCUT2D eigenvalue weighted by molar-refractivity contribution is 7.46. The summed E-state index contributed by atoms with van der Waals surface area (Å²) >= 11 is 0. The molecule has 0 aliphatic heterocycles. The largest absolute Gasteiger partial charge is 0.745 e. The van der Waals surface area contributed by atoms with Crippen molar-refractivity contribution in [2.24, 2.45) is 5.92 Å². The molecule has 0 heterocycles. The molecule has 0 radical (unpaired) electrons. The lowest BCUT2D eigenvalue weighted by molar-refractivity contribution is -0.150. The zero-order valence-corrected chi connectivity index (χ0v) is 11.2. The molecule has 4 atom stereocenters. The Kier molecular flexibility index (Phi) is 10.7. The van der Waals surface area contributed by atoms with E-state index >= 15 is 0 Å². The second kappa shape index (κ2) is 9.95. The Balaban J connectivity index is 0. The Morgan fingerprint density at radius 2 is 1.50 bits per heavy atom. The molecule has 104 valence electrons. The molecule has 0 bridgehead atoms. The number of rotatable bonds is 6. The van der Waals surface area contributed by atoms with Crippen LogP contribution in [-0.2, 0) is 23.0 Å². The average molecular weight is 305 g/mol. The van der Waals surface area contributed by atoms with E-state index in [2.05, 4.69) is 9.63 Å². The topological polar surface area (TPSA) is 170 Å². The molecule has 0 aliphatic carbocycles. The third-order valence-corrected chi connectivity index (χ3v) is 2.72. The number of hydrogen-bond donors (Lipinski definition) is 5. The predicted octanol–water partition coefficient (Wildman–Crippen LogP) is -0.318. The van der Waals surface area contributed by atoms with Crippen LogP contribution >= 0.6 is 16.5 Å². The maximum atomic E-state index is 10.4. The third kappa shape index (κ3) is 10.2. The van der Waals surface area contributed by atoms with E-state index in [4.69, 9.17) is 20.0 Å². The van der Waals surface area contributed by atoms with Gasteiger partial charge in [0.15, 0.2) is 4.31 Å². The fourth-order valence-electron chi connectivity index (χ4n) is 0.790. The Morgan fingerprint density at radius 3 is 1.56 bits per heavy atom. The van der Waals surface area contributed by atoms with Crippen LogP contribution < -0.4 is 5.32 Å². The first-order valence-electron chi connectivity index (χ1n) is 4.26. The second-order valence-corrected chi connectivity index (χ2v) is 4.39. The van der Waals surface area contributed by atoms with E-state index in [-0.39, 0.29) is 0 Å². The van der Waals surface area contributed by atoms with Gasteiger partial charge in [0.25, 0.3) is 0 Å². The monoisotopic (exact) mass is 305 g/mol. The molecule has 0 amide bonds. The fourth-order valence-corrected chi connectivity index (χ4v) is 1.27. The molecule has 4 unspecified atom stereocenters. The SMILES string of the molecule is CNC(C(=O)O)C(C)C(=O)O.O=[P+](O)O[P+](=O)O. The number of likely N-dealkylation sites (N-methyl/N-ethyl adjacent to an activating group) is 1. The lowest BCUT2D eigenvalue weighted by Crippen LogP contribution is -2.42. The zero-order valence-electron chi connectivity index (χ0n) is 9.38. The average Bonchev–Trinajstić information content (AvgIpc) is 2.16. The van der Waals surface area contributed by atoms with Gasteiger partial charge in [0, 0.05) is 9.13 Å². The molecule has 0 spiro atoms. The van der Waals surface area contributed by atoms with Gasteiger partial charge in [0.1, 0.15) is 6.04 Å². The smallest absolute Gasteiger partial charge is 0.481 e. The van der Waals surface area contributed by atoms with Gasteiger partial charge < -0.3 is 15.5 Å². The van der Waals surface area contributed by atoms with Crippen molar-refractivity contribution in [3.8, 4) is 0 Å². The summed E-state index contributed by atoms with van der Waals surface area (Å²) in [6.07, 6.45) is 0. The first-order chi connectivity index (χ1) is 8.13. The normalized spacial score (nSPS) is 14.7. The summed E-state index contributed by atoms with van der Waals surface area (Å²) in [4.78, 5) is 36.0. The van der Waals surface area contributed by atoms with Crippen molar-refractivity contribution in [1.82, 2.24) is 5.32 Å². The minimum absolute atomic E-state index is 0.919. The minimum Gasteiger partial charge on any atom is -0.481 e. The standard InChI is InChI=1S/C6H11NO4.O5P2/c1-3(5(8)9)4(7-2)6(10)11;1-6(2)5-7(3)4/h3-4,7H,1-2H3,(H,8,9)(H,10,11);/p+2. The Hall–Kier alpha value is -1.02. The van der Waals surface area contributed by atoms with Crippen molar-refractivity contribution in [2.45, 2.75) is 13.0 Å². The predicted molar refractivity (Wildman–Crippen MR) is 58.0 cm³/mol. The van der Waals surface area contributed by atoms with Gasteiger partial charge in [-0.3, -0.25) is 9.59 Å². The van der Waals surface area contributed by atoms with Crippen molar-refractivity contribution in [2.75, 3.05) is 7.05 Å². The lowest BCUT2D eigenvalue weighted by Gasteiger charge is -2.14. The van der Waals surface area contributed by atoms with Crippen molar-refractivity contribution < 1.29 is 43.0 Å². The van der Waals surface area contributed by atoms with Crippen LogP contribution in [0.25, 0.3) is 0 Å². The lowest BCUT2D eigenvalue weighted by atomic mass is 10.0. The van der Waals surface area contributed by atoms with Crippen molar-refractivity contribution in [3.63, 3.8) is 0 Å². The van der Waals surface area contributed by atoms with Gasteiger partial charge in [-0.05, 0) is 14.0 Å². The number of nitrogens with one attached hydrogen (secondary N) is 1. The van der Waals surface area contributed by atoms with Gasteiger partial charge in [-0.25, -0.2) is 0 Å². The number of carbonyl (C=O) groups is 2. The number of hydrogen-bond acceptors (Lipinski definition) is 6. The highest BCUT2D eigenvalue weighted by Gasteiger charge is 2.31. The zero-order chi connectivity index (χ0) is 14.9. The van der Waals surface area contributed by atoms with Crippen molar-refractivity contribution in [3.05, 3.63) is 0 Å². The van der Waals surface area contributed by atoms with E-state index in [1.165, 1.54) is 14.0 Å². The Morgan fingerprint density at radius 1 is 1.11 bits per heavy atom. The van der Waals surface area contributed by atoms with Gasteiger partial charge in [-0.1, -0.05) is 0 Å². The molecular weight excluding hydrogens is 292 g/mol. The van der Waals surface area contributed by atoms with Crippen molar-refractivity contribution in [1.29, 1.82) is 0 Å². The number of carboxylic acid groups (broad SMARTS) is 2. The van der Waals surface area contributed by atoms with Crippen LogP contribution in [-0.4, -0.2) is 45.0 Å². The van der Waals surface area contributed by atoms with Crippen LogP contribution in [0.3, 0.4) is 0 Å². The molecule has 12 heteroatoms. The fraction of sp³-hybridized carbons (Fsp3) is 0.667. The van der Waals surface area contributed by atoms with Gasteiger partial charge in [-0.15, -0.1) is 9.79 Å².